The molecule has 1 unspecified atom stereocenters. The van der Waals surface area contributed by atoms with Gasteiger partial charge in [0.15, 0.2) is 6.23 Å². The van der Waals surface area contributed by atoms with Crippen LogP contribution in [0.3, 0.4) is 0 Å². The lowest BCUT2D eigenvalue weighted by molar-refractivity contribution is 0.177. The first kappa shape index (κ1) is 17.1. The average molecular weight is 379 g/mol. The molecule has 0 fully saturated rings. The first-order valence-electron chi connectivity index (χ1n) is 7.28. The van der Waals surface area contributed by atoms with E-state index in [1.54, 1.807) is 19.1 Å². The molecule has 0 aromatic heterocycles. The van der Waals surface area contributed by atoms with Crippen LogP contribution in [-0.4, -0.2) is 23.9 Å². The van der Waals surface area contributed by atoms with Crippen LogP contribution in [0.15, 0.2) is 53.0 Å². The molecule has 0 radical (unpaired) electrons. The van der Waals surface area contributed by atoms with Crippen molar-refractivity contribution < 1.29 is 14.6 Å². The molecule has 0 saturated heterocycles. The van der Waals surface area contributed by atoms with Gasteiger partial charge in [-0.15, -0.1) is 0 Å². The highest BCUT2D eigenvalue weighted by molar-refractivity contribution is 9.10. The summed E-state index contributed by atoms with van der Waals surface area (Å²) in [4.78, 5) is 11.8. The topological polar surface area (TPSA) is 70.6 Å². The molecule has 1 atom stereocenters. The maximum atomic E-state index is 11.8. The Labute approximate surface area is 143 Å². The minimum absolute atomic E-state index is 0.169. The molecule has 2 rings (SSSR count). The van der Waals surface area contributed by atoms with Crippen LogP contribution < -0.4 is 15.4 Å². The first-order valence-corrected chi connectivity index (χ1v) is 8.07. The molecule has 6 heteroatoms. The second-order valence-electron chi connectivity index (χ2n) is 5.00. The van der Waals surface area contributed by atoms with Gasteiger partial charge < -0.3 is 20.5 Å². The van der Waals surface area contributed by atoms with Crippen molar-refractivity contribution in [2.45, 2.75) is 19.6 Å². The molecule has 2 aromatic carbocycles. The van der Waals surface area contributed by atoms with Gasteiger partial charge in [0.2, 0.25) is 0 Å². The highest BCUT2D eigenvalue weighted by Gasteiger charge is 2.08. The monoisotopic (exact) mass is 378 g/mol. The molecule has 3 N–H and O–H groups in total. The van der Waals surface area contributed by atoms with E-state index in [0.29, 0.717) is 12.3 Å². The van der Waals surface area contributed by atoms with E-state index in [4.69, 9.17) is 4.74 Å². The van der Waals surface area contributed by atoms with Crippen molar-refractivity contribution in [2.24, 2.45) is 0 Å². The summed E-state index contributed by atoms with van der Waals surface area (Å²) in [6.07, 6.45) is 0.255. The summed E-state index contributed by atoms with van der Waals surface area (Å²) in [6, 6.07) is 14.0. The fraction of sp³-hybridized carbons (Fsp3) is 0.235. The summed E-state index contributed by atoms with van der Waals surface area (Å²) in [5.41, 5.74) is 1.14. The Morgan fingerprint density at radius 2 is 1.91 bits per heavy atom. The van der Waals surface area contributed by atoms with E-state index in [1.807, 2.05) is 24.3 Å². The molecule has 0 aliphatic rings. The Kier molecular flexibility index (Phi) is 6.29. The summed E-state index contributed by atoms with van der Waals surface area (Å²) < 4.78 is 6.57. The van der Waals surface area contributed by atoms with E-state index in [-0.39, 0.29) is 11.8 Å². The predicted octanol–water partition coefficient (Wildman–Crippen LogP) is 3.42. The summed E-state index contributed by atoms with van der Waals surface area (Å²) in [7, 11) is 0. The number of phenolic OH excluding ortho intramolecular Hbond substituents is 1. The number of benzene rings is 2. The van der Waals surface area contributed by atoms with E-state index >= 15 is 0 Å². The number of carbonyl (C=O) groups excluding carboxylic acids is 1. The zero-order chi connectivity index (χ0) is 16.7. The maximum absolute atomic E-state index is 11.8. The quantitative estimate of drug-likeness (QED) is 0.674. The van der Waals surface area contributed by atoms with Crippen LogP contribution in [0.1, 0.15) is 12.5 Å². The Bertz CT molecular complexity index is 647. The smallest absolute Gasteiger partial charge is 0.317 e. The zero-order valence-corrected chi connectivity index (χ0v) is 14.3. The third-order valence-corrected chi connectivity index (χ3v) is 3.90. The minimum Gasteiger partial charge on any atom is -0.508 e. The van der Waals surface area contributed by atoms with Crippen molar-refractivity contribution in [3.63, 3.8) is 0 Å². The van der Waals surface area contributed by atoms with Gasteiger partial charge in [-0.05, 0) is 49.2 Å². The van der Waals surface area contributed by atoms with Crippen LogP contribution in [0.2, 0.25) is 0 Å². The molecular formula is C17H19BrN2O3. The highest BCUT2D eigenvalue weighted by atomic mass is 79.9. The van der Waals surface area contributed by atoms with Gasteiger partial charge in [0.05, 0.1) is 0 Å². The zero-order valence-electron chi connectivity index (χ0n) is 12.8. The molecule has 0 aliphatic carbocycles. The molecule has 122 valence electrons. The second kappa shape index (κ2) is 8.43. The van der Waals surface area contributed by atoms with Crippen molar-refractivity contribution in [1.82, 2.24) is 10.6 Å². The van der Waals surface area contributed by atoms with Gasteiger partial charge in [0, 0.05) is 11.0 Å². The first-order chi connectivity index (χ1) is 11.0. The SMILES string of the molecule is CC(NC(=O)NCCc1ccccc1Br)Oc1ccc(O)cc1. The summed E-state index contributed by atoms with van der Waals surface area (Å²) >= 11 is 3.48. The van der Waals surface area contributed by atoms with Gasteiger partial charge in [-0.2, -0.15) is 0 Å². The number of carbonyl (C=O) groups is 1. The average Bonchev–Trinajstić information content (AvgIpc) is 2.51. The highest BCUT2D eigenvalue weighted by Crippen LogP contribution is 2.17. The van der Waals surface area contributed by atoms with Crippen LogP contribution in [0, 0.1) is 0 Å². The van der Waals surface area contributed by atoms with Crippen molar-refractivity contribution in [2.75, 3.05) is 6.54 Å². The van der Waals surface area contributed by atoms with Crippen molar-refractivity contribution in [1.29, 1.82) is 0 Å². The summed E-state index contributed by atoms with van der Waals surface area (Å²) in [5.74, 6) is 0.742. The van der Waals surface area contributed by atoms with Crippen LogP contribution in [0.25, 0.3) is 0 Å². The van der Waals surface area contributed by atoms with Crippen LogP contribution in [-0.2, 0) is 6.42 Å². The fourth-order valence-electron chi connectivity index (χ4n) is 2.01. The number of phenols is 1. The number of nitrogens with one attached hydrogen (secondary N) is 2. The Hall–Kier alpha value is -2.21. The van der Waals surface area contributed by atoms with E-state index < -0.39 is 6.23 Å². The molecule has 0 heterocycles. The number of urea groups is 1. The van der Waals surface area contributed by atoms with E-state index in [2.05, 4.69) is 26.6 Å². The summed E-state index contributed by atoms with van der Waals surface area (Å²) in [5, 5.41) is 14.7. The third-order valence-electron chi connectivity index (χ3n) is 3.12. The standard InChI is InChI=1S/C17H19BrN2O3/c1-12(23-15-8-6-14(21)7-9-15)20-17(22)19-11-10-13-4-2-3-5-16(13)18/h2-9,12,21H,10-11H2,1H3,(H2,19,20,22). The molecule has 0 bridgehead atoms. The van der Waals surface area contributed by atoms with Gasteiger partial charge >= 0.3 is 6.03 Å². The molecule has 2 amide bonds. The molecular weight excluding hydrogens is 360 g/mol. The third kappa shape index (κ3) is 5.83. The lowest BCUT2D eigenvalue weighted by atomic mass is 10.1. The molecule has 5 nitrogen and oxygen atoms in total. The minimum atomic E-state index is -0.483. The molecule has 0 saturated carbocycles. The number of aromatic hydroxyl groups is 1. The number of ether oxygens (including phenoxy) is 1. The fourth-order valence-corrected chi connectivity index (χ4v) is 2.49. The molecule has 2 aromatic rings. The molecule has 0 aliphatic heterocycles. The van der Waals surface area contributed by atoms with Crippen molar-refractivity contribution >= 4 is 22.0 Å². The van der Waals surface area contributed by atoms with Crippen LogP contribution in [0.5, 0.6) is 11.5 Å². The Morgan fingerprint density at radius 3 is 2.61 bits per heavy atom. The maximum Gasteiger partial charge on any atom is 0.317 e. The normalized spacial score (nSPS) is 11.6. The lowest BCUT2D eigenvalue weighted by Crippen LogP contribution is -2.43. The Morgan fingerprint density at radius 1 is 1.22 bits per heavy atom. The molecule has 23 heavy (non-hydrogen) atoms. The van der Waals surface area contributed by atoms with Gasteiger partial charge in [0.25, 0.3) is 0 Å². The van der Waals surface area contributed by atoms with Gasteiger partial charge in [-0.1, -0.05) is 34.1 Å². The number of amides is 2. The molecule has 0 spiro atoms. The summed E-state index contributed by atoms with van der Waals surface area (Å²) in [6.45, 7) is 2.26. The number of halogens is 1. The van der Waals surface area contributed by atoms with E-state index in [0.717, 1.165) is 16.5 Å². The number of hydrogen-bond acceptors (Lipinski definition) is 3. The largest absolute Gasteiger partial charge is 0.508 e. The predicted molar refractivity (Wildman–Crippen MR) is 92.6 cm³/mol. The van der Waals surface area contributed by atoms with E-state index in [1.165, 1.54) is 12.1 Å². The van der Waals surface area contributed by atoms with Crippen LogP contribution >= 0.6 is 15.9 Å². The number of hydrogen-bond donors (Lipinski definition) is 3. The van der Waals surface area contributed by atoms with Crippen molar-refractivity contribution in [3.8, 4) is 11.5 Å². The number of rotatable bonds is 6. The van der Waals surface area contributed by atoms with E-state index in [9.17, 15) is 9.90 Å². The van der Waals surface area contributed by atoms with Gasteiger partial charge in [0.1, 0.15) is 11.5 Å². The van der Waals surface area contributed by atoms with Gasteiger partial charge in [-0.3, -0.25) is 0 Å². The lowest BCUT2D eigenvalue weighted by Gasteiger charge is -2.17. The van der Waals surface area contributed by atoms with Gasteiger partial charge in [-0.25, -0.2) is 4.79 Å². The van der Waals surface area contributed by atoms with Crippen molar-refractivity contribution in [3.05, 3.63) is 58.6 Å². The Balaban J connectivity index is 1.71. The second-order valence-corrected chi connectivity index (χ2v) is 5.85. The van der Waals surface area contributed by atoms with Crippen LogP contribution in [0.4, 0.5) is 4.79 Å².